The number of aromatic nitrogens is 1. The van der Waals surface area contributed by atoms with Crippen LogP contribution in [0, 0.1) is 0 Å². The Labute approximate surface area is 122 Å². The summed E-state index contributed by atoms with van der Waals surface area (Å²) < 4.78 is 1.07. The van der Waals surface area contributed by atoms with Gasteiger partial charge in [0.05, 0.1) is 0 Å². The van der Waals surface area contributed by atoms with Crippen molar-refractivity contribution < 1.29 is 0 Å². The second-order valence-electron chi connectivity index (χ2n) is 4.47. The van der Waals surface area contributed by atoms with Gasteiger partial charge >= 0.3 is 0 Å². The zero-order valence-corrected chi connectivity index (χ0v) is 12.6. The molecule has 0 aliphatic rings. The maximum Gasteiger partial charge on any atom is 0.0421 e. The summed E-state index contributed by atoms with van der Waals surface area (Å²) in [5.41, 5.74) is 9.08. The highest BCUT2D eigenvalue weighted by molar-refractivity contribution is 9.10. The van der Waals surface area contributed by atoms with Crippen molar-refractivity contribution in [3.8, 4) is 0 Å². The van der Waals surface area contributed by atoms with E-state index in [-0.39, 0.29) is 0 Å². The van der Waals surface area contributed by atoms with Crippen LogP contribution in [0.2, 0.25) is 0 Å². The molecule has 2 N–H and O–H groups in total. The molecule has 0 saturated heterocycles. The Morgan fingerprint density at radius 1 is 1.26 bits per heavy atom. The van der Waals surface area contributed by atoms with Gasteiger partial charge < -0.3 is 10.6 Å². The lowest BCUT2D eigenvalue weighted by atomic mass is 10.2. The number of rotatable bonds is 5. The molecule has 2 rings (SSSR count). The molecular weight excluding hydrogens is 302 g/mol. The maximum atomic E-state index is 5.66. The van der Waals surface area contributed by atoms with Crippen LogP contribution in [-0.4, -0.2) is 18.6 Å². The minimum Gasteiger partial charge on any atom is -0.374 e. The van der Waals surface area contributed by atoms with E-state index in [0.29, 0.717) is 6.54 Å². The maximum absolute atomic E-state index is 5.66. The molecule has 0 fully saturated rings. The zero-order chi connectivity index (χ0) is 13.7. The van der Waals surface area contributed by atoms with Crippen molar-refractivity contribution in [3.05, 3.63) is 58.3 Å². The van der Waals surface area contributed by atoms with Crippen LogP contribution in [0.25, 0.3) is 0 Å². The quantitative estimate of drug-likeness (QED) is 0.921. The van der Waals surface area contributed by atoms with Crippen LogP contribution < -0.4 is 10.6 Å². The molecule has 0 radical (unpaired) electrons. The summed E-state index contributed by atoms with van der Waals surface area (Å²) in [5.74, 6) is 0. The Balaban J connectivity index is 2.00. The van der Waals surface area contributed by atoms with Gasteiger partial charge in [-0.15, -0.1) is 0 Å². The molecule has 0 bridgehead atoms. The number of anilines is 1. The number of nitrogens with zero attached hydrogens (tertiary/aromatic N) is 2. The fraction of sp³-hybridized carbons (Fsp3) is 0.267. The van der Waals surface area contributed by atoms with Gasteiger partial charge in [0.15, 0.2) is 0 Å². The van der Waals surface area contributed by atoms with Gasteiger partial charge in [0.2, 0.25) is 0 Å². The van der Waals surface area contributed by atoms with E-state index in [1.54, 1.807) is 0 Å². The smallest absolute Gasteiger partial charge is 0.0421 e. The zero-order valence-electron chi connectivity index (χ0n) is 11.0. The SMILES string of the molecule is CN(CCc1ccccn1)c1ccc(CN)c(Br)c1. The third-order valence-corrected chi connectivity index (χ3v) is 3.87. The number of halogens is 1. The van der Waals surface area contributed by atoms with Gasteiger partial charge in [-0.1, -0.05) is 28.1 Å². The first kappa shape index (κ1) is 14.0. The highest BCUT2D eigenvalue weighted by atomic mass is 79.9. The lowest BCUT2D eigenvalue weighted by Gasteiger charge is -2.20. The molecule has 2 aromatic rings. The second kappa shape index (κ2) is 6.68. The molecule has 1 aromatic heterocycles. The number of pyridine rings is 1. The monoisotopic (exact) mass is 319 g/mol. The lowest BCUT2D eigenvalue weighted by Crippen LogP contribution is -2.20. The van der Waals surface area contributed by atoms with Crippen LogP contribution in [-0.2, 0) is 13.0 Å². The standard InChI is InChI=1S/C15H18BrN3/c1-19(9-7-13-4-2-3-8-18-13)14-6-5-12(11-17)15(16)10-14/h2-6,8,10H,7,9,11,17H2,1H3. The van der Waals surface area contributed by atoms with Gasteiger partial charge in [-0.05, 0) is 29.8 Å². The molecule has 19 heavy (non-hydrogen) atoms. The van der Waals surface area contributed by atoms with Crippen molar-refractivity contribution in [1.82, 2.24) is 4.98 Å². The van der Waals surface area contributed by atoms with Crippen molar-refractivity contribution in [3.63, 3.8) is 0 Å². The molecule has 1 heterocycles. The van der Waals surface area contributed by atoms with E-state index in [9.17, 15) is 0 Å². The number of hydrogen-bond acceptors (Lipinski definition) is 3. The molecule has 3 nitrogen and oxygen atoms in total. The van der Waals surface area contributed by atoms with Crippen molar-refractivity contribution in [2.75, 3.05) is 18.5 Å². The van der Waals surface area contributed by atoms with Crippen LogP contribution in [0.3, 0.4) is 0 Å². The van der Waals surface area contributed by atoms with E-state index in [1.165, 1.54) is 5.69 Å². The Morgan fingerprint density at radius 3 is 2.74 bits per heavy atom. The van der Waals surface area contributed by atoms with Crippen LogP contribution in [0.1, 0.15) is 11.3 Å². The summed E-state index contributed by atoms with van der Waals surface area (Å²) in [4.78, 5) is 6.56. The van der Waals surface area contributed by atoms with Gasteiger partial charge in [0, 0.05) is 48.6 Å². The Bertz CT molecular complexity index is 528. The van der Waals surface area contributed by atoms with E-state index in [0.717, 1.165) is 28.7 Å². The fourth-order valence-electron chi connectivity index (χ4n) is 1.90. The van der Waals surface area contributed by atoms with E-state index >= 15 is 0 Å². The number of nitrogens with two attached hydrogens (primary N) is 1. The highest BCUT2D eigenvalue weighted by Gasteiger charge is 2.05. The van der Waals surface area contributed by atoms with E-state index in [4.69, 9.17) is 5.73 Å². The molecule has 100 valence electrons. The molecule has 4 heteroatoms. The Kier molecular flexibility index (Phi) is 4.93. The van der Waals surface area contributed by atoms with Crippen molar-refractivity contribution in [2.45, 2.75) is 13.0 Å². The van der Waals surface area contributed by atoms with Gasteiger partial charge in [-0.3, -0.25) is 4.98 Å². The minimum atomic E-state index is 0.554. The molecule has 0 aliphatic heterocycles. The molecule has 1 aromatic carbocycles. The molecule has 0 aliphatic carbocycles. The van der Waals surface area contributed by atoms with Crippen molar-refractivity contribution in [2.24, 2.45) is 5.73 Å². The third kappa shape index (κ3) is 3.78. The lowest BCUT2D eigenvalue weighted by molar-refractivity contribution is 0.851. The van der Waals surface area contributed by atoms with Gasteiger partial charge in [-0.2, -0.15) is 0 Å². The average Bonchev–Trinajstić information content (AvgIpc) is 2.45. The van der Waals surface area contributed by atoms with Crippen molar-refractivity contribution in [1.29, 1.82) is 0 Å². The molecule has 0 saturated carbocycles. The first-order valence-corrected chi connectivity index (χ1v) is 7.09. The molecule has 0 atom stereocenters. The number of benzene rings is 1. The average molecular weight is 320 g/mol. The molecule has 0 amide bonds. The van der Waals surface area contributed by atoms with Crippen LogP contribution in [0.15, 0.2) is 47.1 Å². The van der Waals surface area contributed by atoms with Gasteiger partial charge in [0.25, 0.3) is 0 Å². The van der Waals surface area contributed by atoms with E-state index in [1.807, 2.05) is 18.3 Å². The number of hydrogen-bond donors (Lipinski definition) is 1. The summed E-state index contributed by atoms with van der Waals surface area (Å²) in [7, 11) is 2.09. The largest absolute Gasteiger partial charge is 0.374 e. The number of likely N-dealkylation sites (N-methyl/N-ethyl adjacent to an activating group) is 1. The summed E-state index contributed by atoms with van der Waals surface area (Å²) in [6, 6.07) is 12.3. The van der Waals surface area contributed by atoms with Crippen LogP contribution in [0.5, 0.6) is 0 Å². The Morgan fingerprint density at radius 2 is 2.11 bits per heavy atom. The fourth-order valence-corrected chi connectivity index (χ4v) is 2.43. The molecular formula is C15H18BrN3. The summed E-state index contributed by atoms with van der Waals surface area (Å²) in [6.45, 7) is 1.49. The summed E-state index contributed by atoms with van der Waals surface area (Å²) in [5, 5.41) is 0. The van der Waals surface area contributed by atoms with Crippen LogP contribution in [0.4, 0.5) is 5.69 Å². The second-order valence-corrected chi connectivity index (χ2v) is 5.33. The van der Waals surface area contributed by atoms with Gasteiger partial charge in [0.1, 0.15) is 0 Å². The summed E-state index contributed by atoms with van der Waals surface area (Å²) in [6.07, 6.45) is 2.77. The van der Waals surface area contributed by atoms with Crippen LogP contribution >= 0.6 is 15.9 Å². The van der Waals surface area contributed by atoms with E-state index in [2.05, 4.69) is 57.1 Å². The van der Waals surface area contributed by atoms with Gasteiger partial charge in [-0.25, -0.2) is 0 Å². The summed E-state index contributed by atoms with van der Waals surface area (Å²) >= 11 is 3.55. The predicted molar refractivity (Wildman–Crippen MR) is 83.2 cm³/mol. The normalized spacial score (nSPS) is 10.5. The Hall–Kier alpha value is -1.39. The first-order valence-electron chi connectivity index (χ1n) is 6.30. The molecule has 0 unspecified atom stereocenters. The third-order valence-electron chi connectivity index (χ3n) is 3.13. The minimum absolute atomic E-state index is 0.554. The topological polar surface area (TPSA) is 42.2 Å². The van der Waals surface area contributed by atoms with Crippen molar-refractivity contribution >= 4 is 21.6 Å². The first-order chi connectivity index (χ1) is 9.20. The highest BCUT2D eigenvalue weighted by Crippen LogP contribution is 2.23. The molecule has 0 spiro atoms. The van der Waals surface area contributed by atoms with E-state index < -0.39 is 0 Å². The predicted octanol–water partition coefficient (Wildman–Crippen LogP) is 2.98.